The molecule has 0 aromatic carbocycles. The monoisotopic (exact) mass is 260 g/mol. The highest BCUT2D eigenvalue weighted by Gasteiger charge is 2.13. The molecule has 0 amide bonds. The first-order valence-electron chi connectivity index (χ1n) is 4.57. The third-order valence-corrected chi connectivity index (χ3v) is 2.26. The Hall–Kier alpha value is -0.480. The van der Waals surface area contributed by atoms with Crippen LogP contribution in [-0.2, 0) is 0 Å². The Morgan fingerprint density at radius 2 is 2.07 bits per heavy atom. The van der Waals surface area contributed by atoms with E-state index in [9.17, 15) is 4.39 Å². The van der Waals surface area contributed by atoms with Gasteiger partial charge in [0.2, 0.25) is 0 Å². The zero-order chi connectivity index (χ0) is 10.7. The molecule has 0 bridgehead atoms. The average Bonchev–Trinajstić information content (AvgIpc) is 2.01. The van der Waals surface area contributed by atoms with Gasteiger partial charge in [0, 0.05) is 22.8 Å². The fraction of sp³-hybridized carbons (Fsp3) is 0.500. The van der Waals surface area contributed by atoms with E-state index in [4.69, 9.17) is 0 Å². The Morgan fingerprint density at radius 3 is 2.57 bits per heavy atom. The van der Waals surface area contributed by atoms with Gasteiger partial charge >= 0.3 is 0 Å². The van der Waals surface area contributed by atoms with Gasteiger partial charge in [0.25, 0.3) is 0 Å². The van der Waals surface area contributed by atoms with E-state index in [1.165, 1.54) is 6.07 Å². The summed E-state index contributed by atoms with van der Waals surface area (Å²) in [5.41, 5.74) is 0.460. The second kappa shape index (κ2) is 4.84. The maximum absolute atomic E-state index is 13.4. The zero-order valence-corrected chi connectivity index (χ0v) is 10.1. The lowest BCUT2D eigenvalue weighted by atomic mass is 10.2. The number of hydrogen-bond donors (Lipinski definition) is 1. The van der Waals surface area contributed by atoms with E-state index < -0.39 is 0 Å². The molecule has 1 rings (SSSR count). The van der Waals surface area contributed by atoms with Gasteiger partial charge in [0.05, 0.1) is 5.69 Å². The van der Waals surface area contributed by atoms with Crippen LogP contribution in [0.4, 0.5) is 4.39 Å². The Bertz CT molecular complexity index is 315. The second-order valence-corrected chi connectivity index (χ2v) is 4.48. The molecule has 0 fully saturated rings. The van der Waals surface area contributed by atoms with Gasteiger partial charge in [0.1, 0.15) is 5.82 Å². The minimum Gasteiger partial charge on any atom is -0.307 e. The maximum atomic E-state index is 13.4. The number of halogens is 2. The fourth-order valence-electron chi connectivity index (χ4n) is 1.32. The van der Waals surface area contributed by atoms with E-state index in [1.54, 1.807) is 6.20 Å². The molecule has 1 N–H and O–H groups in total. The molecule has 0 saturated heterocycles. The summed E-state index contributed by atoms with van der Waals surface area (Å²) in [6.07, 6.45) is 1.61. The van der Waals surface area contributed by atoms with E-state index >= 15 is 0 Å². The van der Waals surface area contributed by atoms with Crippen molar-refractivity contribution in [2.24, 2.45) is 0 Å². The Morgan fingerprint density at radius 1 is 1.43 bits per heavy atom. The molecule has 2 nitrogen and oxygen atoms in total. The highest BCUT2D eigenvalue weighted by molar-refractivity contribution is 9.10. The van der Waals surface area contributed by atoms with Crippen LogP contribution in [-0.4, -0.2) is 11.0 Å². The van der Waals surface area contributed by atoms with Crippen LogP contribution in [0.1, 0.15) is 32.5 Å². The fourth-order valence-corrected chi connectivity index (χ4v) is 1.63. The lowest BCUT2D eigenvalue weighted by Crippen LogP contribution is -2.27. The summed E-state index contributed by atoms with van der Waals surface area (Å²) in [6, 6.07) is 1.68. The van der Waals surface area contributed by atoms with E-state index in [0.29, 0.717) is 16.2 Å². The third-order valence-electron chi connectivity index (χ3n) is 1.83. The minimum atomic E-state index is -0.278. The van der Waals surface area contributed by atoms with Gasteiger partial charge in [-0.15, -0.1) is 0 Å². The summed E-state index contributed by atoms with van der Waals surface area (Å²) < 4.78 is 14.1. The summed E-state index contributed by atoms with van der Waals surface area (Å²) in [7, 11) is 0. The van der Waals surface area contributed by atoms with Crippen molar-refractivity contribution in [3.8, 4) is 0 Å². The van der Waals surface area contributed by atoms with Gasteiger partial charge in [-0.25, -0.2) is 4.39 Å². The molecular formula is C10H14BrFN2. The van der Waals surface area contributed by atoms with Gasteiger partial charge in [0.15, 0.2) is 0 Å². The van der Waals surface area contributed by atoms with Crippen LogP contribution >= 0.6 is 15.9 Å². The lowest BCUT2D eigenvalue weighted by molar-refractivity contribution is 0.471. The van der Waals surface area contributed by atoms with E-state index in [1.807, 2.05) is 20.8 Å². The van der Waals surface area contributed by atoms with Crippen molar-refractivity contribution in [2.45, 2.75) is 32.9 Å². The number of nitrogens with one attached hydrogen (secondary N) is 1. The van der Waals surface area contributed by atoms with Crippen molar-refractivity contribution < 1.29 is 4.39 Å². The molecule has 0 radical (unpaired) electrons. The number of pyridine rings is 1. The van der Waals surface area contributed by atoms with Crippen LogP contribution in [0.3, 0.4) is 0 Å². The first-order valence-corrected chi connectivity index (χ1v) is 5.37. The smallest absolute Gasteiger partial charge is 0.147 e. The largest absolute Gasteiger partial charge is 0.307 e. The summed E-state index contributed by atoms with van der Waals surface area (Å²) >= 11 is 3.17. The van der Waals surface area contributed by atoms with Gasteiger partial charge in [-0.2, -0.15) is 0 Å². The average molecular weight is 261 g/mol. The standard InChI is InChI=1S/C10H14BrFN2/c1-6(2)14-7(3)10-9(12)4-8(11)5-13-10/h4-7,14H,1-3H3. The molecule has 4 heteroatoms. The Balaban J connectivity index is 2.84. The van der Waals surface area contributed by atoms with Gasteiger partial charge in [-0.1, -0.05) is 13.8 Å². The molecule has 0 spiro atoms. The molecule has 78 valence electrons. The first-order chi connectivity index (χ1) is 6.50. The molecule has 1 aromatic heterocycles. The van der Waals surface area contributed by atoms with Crippen LogP contribution < -0.4 is 5.32 Å². The van der Waals surface area contributed by atoms with Crippen molar-refractivity contribution in [3.63, 3.8) is 0 Å². The molecule has 0 aliphatic rings. The van der Waals surface area contributed by atoms with Crippen molar-refractivity contribution in [1.82, 2.24) is 10.3 Å². The predicted octanol–water partition coefficient (Wildman–Crippen LogP) is 3.04. The van der Waals surface area contributed by atoms with Crippen molar-refractivity contribution in [1.29, 1.82) is 0 Å². The Labute approximate surface area is 92.1 Å². The number of rotatable bonds is 3. The van der Waals surface area contributed by atoms with E-state index in [-0.39, 0.29) is 11.9 Å². The number of hydrogen-bond acceptors (Lipinski definition) is 2. The van der Waals surface area contributed by atoms with Crippen LogP contribution in [0.5, 0.6) is 0 Å². The third kappa shape index (κ3) is 3.03. The second-order valence-electron chi connectivity index (χ2n) is 3.56. The van der Waals surface area contributed by atoms with E-state index in [2.05, 4.69) is 26.2 Å². The molecule has 0 saturated carbocycles. The lowest BCUT2D eigenvalue weighted by Gasteiger charge is -2.16. The van der Waals surface area contributed by atoms with Crippen molar-refractivity contribution in [3.05, 3.63) is 28.2 Å². The molecule has 1 aromatic rings. The topological polar surface area (TPSA) is 24.9 Å². The van der Waals surface area contributed by atoms with Crippen LogP contribution in [0.25, 0.3) is 0 Å². The Kier molecular flexibility index (Phi) is 4.01. The van der Waals surface area contributed by atoms with Gasteiger partial charge in [-0.05, 0) is 28.9 Å². The molecular weight excluding hydrogens is 247 g/mol. The maximum Gasteiger partial charge on any atom is 0.147 e. The first kappa shape index (κ1) is 11.6. The normalized spacial score (nSPS) is 13.3. The summed E-state index contributed by atoms with van der Waals surface area (Å²) in [6.45, 7) is 5.94. The predicted molar refractivity (Wildman–Crippen MR) is 58.6 cm³/mol. The molecule has 1 unspecified atom stereocenters. The quantitative estimate of drug-likeness (QED) is 0.904. The van der Waals surface area contributed by atoms with Crippen LogP contribution in [0, 0.1) is 5.82 Å². The van der Waals surface area contributed by atoms with Crippen LogP contribution in [0.2, 0.25) is 0 Å². The molecule has 0 aliphatic heterocycles. The van der Waals surface area contributed by atoms with Crippen molar-refractivity contribution >= 4 is 15.9 Å². The van der Waals surface area contributed by atoms with Gasteiger partial charge < -0.3 is 5.32 Å². The molecule has 1 atom stereocenters. The molecule has 1 heterocycles. The van der Waals surface area contributed by atoms with Gasteiger partial charge in [-0.3, -0.25) is 4.98 Å². The number of aromatic nitrogens is 1. The van der Waals surface area contributed by atoms with E-state index in [0.717, 1.165) is 0 Å². The summed E-state index contributed by atoms with van der Waals surface area (Å²) in [5, 5.41) is 3.20. The molecule has 0 aliphatic carbocycles. The number of nitrogens with zero attached hydrogens (tertiary/aromatic N) is 1. The molecule has 14 heavy (non-hydrogen) atoms. The summed E-state index contributed by atoms with van der Waals surface area (Å²) in [4.78, 5) is 4.05. The minimum absolute atomic E-state index is 0.0666. The SMILES string of the molecule is CC(C)NC(C)c1ncc(Br)cc1F. The summed E-state index contributed by atoms with van der Waals surface area (Å²) in [5.74, 6) is -0.278. The highest BCUT2D eigenvalue weighted by Crippen LogP contribution is 2.18. The zero-order valence-electron chi connectivity index (χ0n) is 8.51. The van der Waals surface area contributed by atoms with Crippen LogP contribution in [0.15, 0.2) is 16.7 Å². The van der Waals surface area contributed by atoms with Crippen molar-refractivity contribution in [2.75, 3.05) is 0 Å². The highest BCUT2D eigenvalue weighted by atomic mass is 79.9.